The molecule has 2 amide bonds. The summed E-state index contributed by atoms with van der Waals surface area (Å²) in [6.45, 7) is 3.81. The van der Waals surface area contributed by atoms with E-state index in [1.807, 2.05) is 78.7 Å². The third-order valence-electron chi connectivity index (χ3n) is 6.29. The van der Waals surface area contributed by atoms with E-state index in [0.717, 1.165) is 40.1 Å². The minimum atomic E-state index is -0.671. The van der Waals surface area contributed by atoms with E-state index in [9.17, 15) is 9.59 Å². The fourth-order valence-corrected chi connectivity index (χ4v) is 4.39. The van der Waals surface area contributed by atoms with Gasteiger partial charge in [0, 0.05) is 38.6 Å². The van der Waals surface area contributed by atoms with Gasteiger partial charge in [-0.1, -0.05) is 48.5 Å². The number of methoxy groups -OCH3 is 1. The Labute approximate surface area is 206 Å². The number of hydrogen-bond acceptors (Lipinski definition) is 5. The number of aromatic nitrogens is 1. The highest BCUT2D eigenvalue weighted by Gasteiger charge is 2.25. The number of hydrogen-bond donors (Lipinski definition) is 1. The molecule has 2 aromatic carbocycles. The lowest BCUT2D eigenvalue weighted by Crippen LogP contribution is -2.38. The van der Waals surface area contributed by atoms with Crippen LogP contribution < -0.4 is 10.1 Å². The zero-order valence-corrected chi connectivity index (χ0v) is 20.2. The molecule has 7 nitrogen and oxygen atoms in total. The second-order valence-corrected chi connectivity index (χ2v) is 8.55. The van der Waals surface area contributed by atoms with Crippen LogP contribution in [0.25, 0.3) is 0 Å². The summed E-state index contributed by atoms with van der Waals surface area (Å²) in [5, 5.41) is 3.02. The number of nitrogens with zero attached hydrogens (tertiary/aromatic N) is 2. The Kier molecular flexibility index (Phi) is 8.11. The summed E-state index contributed by atoms with van der Waals surface area (Å²) >= 11 is 0. The van der Waals surface area contributed by atoms with E-state index in [0.29, 0.717) is 32.7 Å². The van der Waals surface area contributed by atoms with Crippen LogP contribution in [0.1, 0.15) is 40.5 Å². The number of amides is 2. The SMILES string of the molecule is COC(C(=O)NCc1c(C)ncc2c1CCN(C(=O)CCOc1ccccc1)C2)c1ccccc1. The lowest BCUT2D eigenvalue weighted by Gasteiger charge is -2.30. The lowest BCUT2D eigenvalue weighted by atomic mass is 9.94. The Hall–Kier alpha value is -3.71. The molecule has 3 aromatic rings. The molecule has 2 heterocycles. The number of fused-ring (bicyclic) bond motifs is 1. The number of pyridine rings is 1. The molecule has 0 aliphatic carbocycles. The molecule has 4 rings (SSSR count). The van der Waals surface area contributed by atoms with Gasteiger partial charge in [-0.25, -0.2) is 0 Å². The van der Waals surface area contributed by atoms with Crippen LogP contribution in [0, 0.1) is 6.92 Å². The largest absolute Gasteiger partial charge is 0.493 e. The molecule has 0 radical (unpaired) electrons. The van der Waals surface area contributed by atoms with Crippen LogP contribution in [0.5, 0.6) is 5.75 Å². The van der Waals surface area contributed by atoms with Gasteiger partial charge < -0.3 is 19.7 Å². The van der Waals surface area contributed by atoms with Crippen LogP contribution >= 0.6 is 0 Å². The molecule has 0 saturated carbocycles. The van der Waals surface area contributed by atoms with Crippen LogP contribution in [-0.2, 0) is 33.8 Å². The summed E-state index contributed by atoms with van der Waals surface area (Å²) in [7, 11) is 1.53. The fraction of sp³-hybridized carbons (Fsp3) is 0.321. The van der Waals surface area contributed by atoms with Crippen molar-refractivity contribution in [2.75, 3.05) is 20.3 Å². The van der Waals surface area contributed by atoms with Gasteiger partial charge in [-0.3, -0.25) is 14.6 Å². The molecule has 0 bridgehead atoms. The first-order valence-electron chi connectivity index (χ1n) is 11.8. The molecule has 0 fully saturated rings. The molecular formula is C28H31N3O4. The van der Waals surface area contributed by atoms with Crippen molar-refractivity contribution in [3.63, 3.8) is 0 Å². The number of aryl methyl sites for hydroxylation is 1. The van der Waals surface area contributed by atoms with Crippen molar-refractivity contribution in [1.82, 2.24) is 15.2 Å². The van der Waals surface area contributed by atoms with Gasteiger partial charge in [-0.2, -0.15) is 0 Å². The van der Waals surface area contributed by atoms with Crippen molar-refractivity contribution >= 4 is 11.8 Å². The average Bonchev–Trinajstić information content (AvgIpc) is 2.89. The molecule has 7 heteroatoms. The van der Waals surface area contributed by atoms with Gasteiger partial charge in [0.25, 0.3) is 5.91 Å². The number of carbonyl (C=O) groups excluding carboxylic acids is 2. The second-order valence-electron chi connectivity index (χ2n) is 8.55. The molecule has 1 aromatic heterocycles. The quantitative estimate of drug-likeness (QED) is 0.512. The van der Waals surface area contributed by atoms with Gasteiger partial charge in [0.1, 0.15) is 5.75 Å². The van der Waals surface area contributed by atoms with Crippen molar-refractivity contribution in [2.45, 2.75) is 39.0 Å². The van der Waals surface area contributed by atoms with Crippen molar-refractivity contribution in [1.29, 1.82) is 0 Å². The number of ether oxygens (including phenoxy) is 2. The maximum Gasteiger partial charge on any atom is 0.254 e. The zero-order valence-electron chi connectivity index (χ0n) is 20.2. The van der Waals surface area contributed by atoms with Crippen molar-refractivity contribution in [3.05, 3.63) is 94.8 Å². The van der Waals surface area contributed by atoms with Gasteiger partial charge in [-0.15, -0.1) is 0 Å². The second kappa shape index (κ2) is 11.6. The lowest BCUT2D eigenvalue weighted by molar-refractivity contribution is -0.132. The maximum atomic E-state index is 12.9. The van der Waals surface area contributed by atoms with Crippen LogP contribution in [-0.4, -0.2) is 42.0 Å². The van der Waals surface area contributed by atoms with Gasteiger partial charge >= 0.3 is 0 Å². The van der Waals surface area contributed by atoms with E-state index < -0.39 is 6.10 Å². The number of para-hydroxylation sites is 1. The Morgan fingerprint density at radius 2 is 1.80 bits per heavy atom. The standard InChI is InChI=1S/C28H31N3O4/c1-20-25(18-30-28(33)27(34-2)21-9-5-3-6-10-21)24-13-15-31(19-22(24)17-29-20)26(32)14-16-35-23-11-7-4-8-12-23/h3-12,17,27H,13-16,18-19H2,1-2H3,(H,30,33). The molecule has 1 aliphatic rings. The van der Waals surface area contributed by atoms with E-state index in [4.69, 9.17) is 9.47 Å². The summed E-state index contributed by atoms with van der Waals surface area (Å²) in [6.07, 6.45) is 2.22. The molecule has 182 valence electrons. The highest BCUT2D eigenvalue weighted by molar-refractivity contribution is 5.82. The average molecular weight is 474 g/mol. The first kappa shape index (κ1) is 24.4. The summed E-state index contributed by atoms with van der Waals surface area (Å²) < 4.78 is 11.1. The van der Waals surface area contributed by atoms with Crippen LogP contribution in [0.15, 0.2) is 66.9 Å². The van der Waals surface area contributed by atoms with Crippen LogP contribution in [0.3, 0.4) is 0 Å². The predicted octanol–water partition coefficient (Wildman–Crippen LogP) is 3.75. The first-order valence-corrected chi connectivity index (χ1v) is 11.8. The first-order chi connectivity index (χ1) is 17.1. The smallest absolute Gasteiger partial charge is 0.254 e. The third-order valence-corrected chi connectivity index (χ3v) is 6.29. The number of carbonyl (C=O) groups is 2. The Morgan fingerprint density at radius 1 is 1.09 bits per heavy atom. The summed E-state index contributed by atoms with van der Waals surface area (Å²) in [5.74, 6) is 0.633. The van der Waals surface area contributed by atoms with Crippen molar-refractivity contribution in [2.24, 2.45) is 0 Å². The molecule has 1 unspecified atom stereocenters. The Bertz CT molecular complexity index is 1150. The Morgan fingerprint density at radius 3 is 2.51 bits per heavy atom. The Balaban J connectivity index is 1.36. The van der Waals surface area contributed by atoms with Crippen molar-refractivity contribution in [3.8, 4) is 5.75 Å². The van der Waals surface area contributed by atoms with Gasteiger partial charge in [0.2, 0.25) is 5.91 Å². The fourth-order valence-electron chi connectivity index (χ4n) is 4.39. The minimum absolute atomic E-state index is 0.0628. The molecule has 1 N–H and O–H groups in total. The topological polar surface area (TPSA) is 80.8 Å². The molecule has 35 heavy (non-hydrogen) atoms. The maximum absolute atomic E-state index is 12.9. The summed E-state index contributed by atoms with van der Waals surface area (Å²) in [6, 6.07) is 18.9. The summed E-state index contributed by atoms with van der Waals surface area (Å²) in [5.41, 5.74) is 4.89. The van der Waals surface area contributed by atoms with E-state index in [-0.39, 0.29) is 11.8 Å². The highest BCUT2D eigenvalue weighted by atomic mass is 16.5. The van der Waals surface area contributed by atoms with E-state index in [1.54, 1.807) is 0 Å². The minimum Gasteiger partial charge on any atom is -0.493 e. The molecule has 0 saturated heterocycles. The molecule has 1 aliphatic heterocycles. The monoisotopic (exact) mass is 473 g/mol. The third kappa shape index (κ3) is 6.05. The van der Waals surface area contributed by atoms with Crippen molar-refractivity contribution < 1.29 is 19.1 Å². The van der Waals surface area contributed by atoms with Crippen LogP contribution in [0.4, 0.5) is 0 Å². The van der Waals surface area contributed by atoms with Gasteiger partial charge in [0.15, 0.2) is 6.10 Å². The summed E-state index contributed by atoms with van der Waals surface area (Å²) in [4.78, 5) is 32.0. The number of rotatable bonds is 9. The van der Waals surface area contributed by atoms with E-state index in [1.165, 1.54) is 7.11 Å². The highest BCUT2D eigenvalue weighted by Crippen LogP contribution is 2.25. The van der Waals surface area contributed by atoms with E-state index >= 15 is 0 Å². The van der Waals surface area contributed by atoms with Gasteiger partial charge in [-0.05, 0) is 47.7 Å². The normalized spacial score (nSPS) is 13.6. The number of benzene rings is 2. The van der Waals surface area contributed by atoms with E-state index in [2.05, 4.69) is 10.3 Å². The predicted molar refractivity (Wildman–Crippen MR) is 133 cm³/mol. The number of nitrogens with one attached hydrogen (secondary N) is 1. The molecule has 1 atom stereocenters. The van der Waals surface area contributed by atoms with Crippen LogP contribution in [0.2, 0.25) is 0 Å². The zero-order chi connectivity index (χ0) is 24.6. The molecular weight excluding hydrogens is 442 g/mol. The van der Waals surface area contributed by atoms with Gasteiger partial charge in [0.05, 0.1) is 13.0 Å². The molecule has 0 spiro atoms.